The fourth-order valence-electron chi connectivity index (χ4n) is 7.69. The van der Waals surface area contributed by atoms with Crippen LogP contribution in [0.2, 0.25) is 0 Å². The van der Waals surface area contributed by atoms with Gasteiger partial charge in [-0.25, -0.2) is 9.37 Å². The third-order valence-corrected chi connectivity index (χ3v) is 11.9. The van der Waals surface area contributed by atoms with Crippen LogP contribution >= 0.6 is 11.3 Å². The highest BCUT2D eigenvalue weighted by molar-refractivity contribution is 7.15. The molecule has 276 valence electrons. The number of thiophene rings is 1. The Bertz CT molecular complexity index is 2040. The molecule has 11 heteroatoms. The summed E-state index contributed by atoms with van der Waals surface area (Å²) in [6.07, 6.45) is 16.9. The Morgan fingerprint density at radius 1 is 1.11 bits per heavy atom. The second kappa shape index (κ2) is 15.6. The Balaban J connectivity index is 0.00000214. The van der Waals surface area contributed by atoms with Gasteiger partial charge < -0.3 is 25.2 Å². The van der Waals surface area contributed by atoms with Crippen LogP contribution in [-0.4, -0.2) is 66.9 Å². The second-order valence-electron chi connectivity index (χ2n) is 13.8. The Kier molecular flexibility index (Phi) is 10.8. The third-order valence-electron chi connectivity index (χ3n) is 10.7. The molecule has 2 amide bonds. The number of hydrogen-bond acceptors (Lipinski definition) is 8. The number of nitrogens with zero attached hydrogens (tertiary/aromatic N) is 4. The molecule has 2 aromatic heterocycles. The number of carbonyl (C=O) groups excluding carboxylic acids is 2. The van der Waals surface area contributed by atoms with Crippen molar-refractivity contribution in [3.05, 3.63) is 117 Å². The van der Waals surface area contributed by atoms with Crippen molar-refractivity contribution >= 4 is 46.1 Å². The number of aromatic nitrogens is 1. The minimum Gasteiger partial charge on any atom is -0.385 e. The van der Waals surface area contributed by atoms with Crippen LogP contribution in [0.1, 0.15) is 88.9 Å². The van der Waals surface area contributed by atoms with Gasteiger partial charge in [-0.05, 0) is 81.0 Å². The summed E-state index contributed by atoms with van der Waals surface area (Å²) in [5.74, 6) is 0.593. The number of benzene rings is 1. The lowest BCUT2D eigenvalue weighted by Gasteiger charge is -2.51. The molecule has 0 saturated carbocycles. The molecule has 1 fully saturated rings. The number of allylic oxidation sites excluding steroid dienone is 5. The van der Waals surface area contributed by atoms with Gasteiger partial charge in [0.2, 0.25) is 0 Å². The van der Waals surface area contributed by atoms with Gasteiger partial charge in [-0.15, -0.1) is 11.3 Å². The van der Waals surface area contributed by atoms with E-state index in [1.165, 1.54) is 11.3 Å². The van der Waals surface area contributed by atoms with Crippen LogP contribution in [0.3, 0.4) is 0 Å². The molecule has 9 nitrogen and oxygen atoms in total. The number of aliphatic imine (C=N–C) groups is 1. The van der Waals surface area contributed by atoms with Crippen molar-refractivity contribution in [2.75, 3.05) is 43.6 Å². The molecular formula is C42H47FN6O3S. The molecule has 1 saturated heterocycles. The number of amides is 2. The van der Waals surface area contributed by atoms with Gasteiger partial charge in [-0.1, -0.05) is 45.1 Å². The maximum absolute atomic E-state index is 16.2. The number of amidine groups is 1. The van der Waals surface area contributed by atoms with Crippen LogP contribution < -0.4 is 15.5 Å². The maximum Gasteiger partial charge on any atom is 0.259 e. The van der Waals surface area contributed by atoms with E-state index in [0.29, 0.717) is 58.5 Å². The van der Waals surface area contributed by atoms with Crippen molar-refractivity contribution in [1.29, 1.82) is 0 Å². The van der Waals surface area contributed by atoms with Crippen LogP contribution in [0.15, 0.2) is 89.4 Å². The quantitative estimate of drug-likeness (QED) is 0.231. The molecule has 1 atom stereocenters. The van der Waals surface area contributed by atoms with Crippen molar-refractivity contribution < 1.29 is 18.7 Å². The summed E-state index contributed by atoms with van der Waals surface area (Å²) < 4.78 is 21.5. The fourth-order valence-corrected chi connectivity index (χ4v) is 8.92. The predicted octanol–water partition coefficient (Wildman–Crippen LogP) is 8.14. The molecule has 2 aliphatic carbocycles. The highest BCUT2D eigenvalue weighted by Crippen LogP contribution is 2.44. The van der Waals surface area contributed by atoms with Gasteiger partial charge >= 0.3 is 0 Å². The summed E-state index contributed by atoms with van der Waals surface area (Å²) in [7, 11) is 1.72. The molecule has 0 spiro atoms. The SMILES string of the molecule is CC.CCC1(CCOC)CN(c2ncccc2C(=O)Nc2ccc(C(=O)N3CCc4c(sc(C5=NC6CC=CC=C6N5)c4F)C4=CCCC=C43)cc2)C1. The lowest BCUT2D eigenvalue weighted by atomic mass is 9.74. The lowest BCUT2D eigenvalue weighted by molar-refractivity contribution is 0.0813. The number of ether oxygens (including phenoxy) is 1. The molecule has 53 heavy (non-hydrogen) atoms. The van der Waals surface area contributed by atoms with E-state index in [9.17, 15) is 9.59 Å². The average molecular weight is 735 g/mol. The zero-order valence-corrected chi connectivity index (χ0v) is 31.7. The standard InChI is InChI=1S/C40H41FN6O3S.C2H6/c1-3-40(19-22-50-2)23-46(24-40)37-29(10-8-20-42-37)38(48)43-26-16-14-25(15-17-26)39(49)47-21-18-28-33(41)35(36-44-30-11-5-6-12-31(30)45-36)51-34(28)27-9-4-7-13-32(27)47;1-2/h5-6,8-11,13-17,20,31H,3-4,7,12,18-19,21-24H2,1-2H3,(H,43,48)(H,44,45);1-2H3. The number of carbonyl (C=O) groups is 2. The van der Waals surface area contributed by atoms with E-state index in [1.54, 1.807) is 54.6 Å². The first-order valence-corrected chi connectivity index (χ1v) is 19.6. The highest BCUT2D eigenvalue weighted by Gasteiger charge is 2.43. The van der Waals surface area contributed by atoms with Gasteiger partial charge in [0.1, 0.15) is 22.3 Å². The van der Waals surface area contributed by atoms with Crippen molar-refractivity contribution in [3.8, 4) is 0 Å². The first kappa shape index (κ1) is 36.5. The molecule has 1 aromatic carbocycles. The minimum atomic E-state index is -0.254. The van der Waals surface area contributed by atoms with Gasteiger partial charge in [0.05, 0.1) is 11.6 Å². The van der Waals surface area contributed by atoms with Gasteiger partial charge in [0.15, 0.2) is 0 Å². The number of pyridine rings is 1. The Labute approximate surface area is 315 Å². The number of rotatable bonds is 9. The van der Waals surface area contributed by atoms with Gasteiger partial charge in [0.25, 0.3) is 11.8 Å². The highest BCUT2D eigenvalue weighted by atomic mass is 32.1. The Morgan fingerprint density at radius 2 is 1.91 bits per heavy atom. The normalized spacial score (nSPS) is 19.4. The van der Waals surface area contributed by atoms with Crippen LogP contribution in [0.4, 0.5) is 15.9 Å². The topological polar surface area (TPSA) is 99.2 Å². The summed E-state index contributed by atoms with van der Waals surface area (Å²) in [6, 6.07) is 10.6. The van der Waals surface area contributed by atoms with Crippen molar-refractivity contribution in [2.45, 2.75) is 65.3 Å². The Hall–Kier alpha value is -4.87. The van der Waals surface area contributed by atoms with Crippen LogP contribution in [0.25, 0.3) is 5.57 Å². The van der Waals surface area contributed by atoms with Gasteiger partial charge in [0, 0.05) is 83.6 Å². The van der Waals surface area contributed by atoms with E-state index in [2.05, 4.69) is 45.7 Å². The summed E-state index contributed by atoms with van der Waals surface area (Å²) in [5, 5.41) is 6.34. The smallest absolute Gasteiger partial charge is 0.259 e. The summed E-state index contributed by atoms with van der Waals surface area (Å²) in [4.78, 5) is 42.3. The fraction of sp³-hybridized carbons (Fsp3) is 0.381. The zero-order valence-electron chi connectivity index (χ0n) is 30.9. The molecule has 0 radical (unpaired) electrons. The summed E-state index contributed by atoms with van der Waals surface area (Å²) in [5.41, 5.74) is 5.11. The molecular weight excluding hydrogens is 688 g/mol. The van der Waals surface area contributed by atoms with Gasteiger partial charge in [-0.3, -0.25) is 14.6 Å². The van der Waals surface area contributed by atoms with Crippen molar-refractivity contribution in [3.63, 3.8) is 0 Å². The molecule has 2 N–H and O–H groups in total. The summed E-state index contributed by atoms with van der Waals surface area (Å²) >= 11 is 1.41. The van der Waals surface area contributed by atoms with Crippen LogP contribution in [0.5, 0.6) is 0 Å². The van der Waals surface area contributed by atoms with E-state index < -0.39 is 0 Å². The monoisotopic (exact) mass is 734 g/mol. The Morgan fingerprint density at radius 3 is 2.66 bits per heavy atom. The first-order valence-electron chi connectivity index (χ1n) is 18.7. The van der Waals surface area contributed by atoms with Crippen LogP contribution in [0, 0.1) is 11.2 Å². The van der Waals surface area contributed by atoms with Crippen molar-refractivity contribution in [2.24, 2.45) is 10.4 Å². The van der Waals surface area contributed by atoms with Gasteiger partial charge in [-0.2, -0.15) is 0 Å². The molecule has 3 aliphatic heterocycles. The van der Waals surface area contributed by atoms with E-state index >= 15 is 4.39 Å². The average Bonchev–Trinajstić information content (AvgIpc) is 3.71. The lowest BCUT2D eigenvalue weighted by Crippen LogP contribution is -2.57. The molecule has 1 unspecified atom stereocenters. The van der Waals surface area contributed by atoms with E-state index in [1.807, 2.05) is 26.0 Å². The second-order valence-corrected chi connectivity index (χ2v) is 14.8. The van der Waals surface area contributed by atoms with E-state index in [4.69, 9.17) is 9.73 Å². The third kappa shape index (κ3) is 7.00. The zero-order chi connectivity index (χ0) is 37.1. The van der Waals surface area contributed by atoms with E-state index in [-0.39, 0.29) is 29.1 Å². The van der Waals surface area contributed by atoms with Crippen LogP contribution in [-0.2, 0) is 11.2 Å². The summed E-state index contributed by atoms with van der Waals surface area (Å²) in [6.45, 7) is 8.92. The molecule has 0 bridgehead atoms. The number of halogens is 1. The first-order chi connectivity index (χ1) is 25.9. The molecule has 3 aromatic rings. The maximum atomic E-state index is 16.2. The molecule has 5 heterocycles. The molecule has 8 rings (SSSR count). The minimum absolute atomic E-state index is 0.00888. The largest absolute Gasteiger partial charge is 0.385 e. The number of fused-ring (bicyclic) bond motifs is 4. The van der Waals surface area contributed by atoms with Crippen molar-refractivity contribution in [1.82, 2.24) is 15.2 Å². The number of nitrogens with one attached hydrogen (secondary N) is 2. The number of methoxy groups -OCH3 is 1. The van der Waals surface area contributed by atoms with E-state index in [0.717, 1.165) is 67.0 Å². The molecule has 5 aliphatic rings. The number of anilines is 2. The predicted molar refractivity (Wildman–Crippen MR) is 211 cm³/mol. The number of hydrogen-bond donors (Lipinski definition) is 2.